The number of carboxylic acid groups (broad SMARTS) is 2. The van der Waals surface area contributed by atoms with Crippen molar-refractivity contribution in [1.29, 1.82) is 0 Å². The zero-order valence-electron chi connectivity index (χ0n) is 14.3. The number of hydrogen-bond acceptors (Lipinski definition) is 7. The van der Waals surface area contributed by atoms with Gasteiger partial charge in [0.15, 0.2) is 0 Å². The summed E-state index contributed by atoms with van der Waals surface area (Å²) in [4.78, 5) is 38.2. The van der Waals surface area contributed by atoms with Crippen molar-refractivity contribution < 1.29 is 24.6 Å². The van der Waals surface area contributed by atoms with Gasteiger partial charge in [-0.2, -0.15) is 0 Å². The van der Waals surface area contributed by atoms with Crippen molar-refractivity contribution in [2.45, 2.75) is 4.90 Å². The molecule has 2 aliphatic rings. The van der Waals surface area contributed by atoms with Crippen molar-refractivity contribution in [1.82, 2.24) is 4.90 Å². The predicted molar refractivity (Wildman–Crippen MR) is 112 cm³/mol. The molecule has 2 aliphatic heterocycles. The molecule has 1 amide bonds. The minimum absolute atomic E-state index is 0.155. The maximum Gasteiger partial charge on any atom is 0.323 e. The van der Waals surface area contributed by atoms with Crippen molar-refractivity contribution in [3.8, 4) is 0 Å². The Hall–Kier alpha value is -2.56. The molecule has 0 saturated carbocycles. The highest BCUT2D eigenvalue weighted by atomic mass is 32.2. The second kappa shape index (κ2) is 8.63. The fraction of sp³-hybridized carbons (Fsp3) is 0.111. The molecule has 0 unspecified atom stereocenters. The van der Waals surface area contributed by atoms with E-state index >= 15 is 0 Å². The number of amides is 1. The van der Waals surface area contributed by atoms with Crippen LogP contribution in [0.1, 0.15) is 0 Å². The van der Waals surface area contributed by atoms with E-state index in [1.165, 1.54) is 11.8 Å². The second-order valence-corrected chi connectivity index (χ2v) is 8.36. The zero-order chi connectivity index (χ0) is 20.3. The van der Waals surface area contributed by atoms with E-state index in [1.54, 1.807) is 29.2 Å². The minimum Gasteiger partial charge on any atom is -0.480 e. The molecule has 2 N–H and O–H groups in total. The topological polar surface area (TPSA) is 98.2 Å². The van der Waals surface area contributed by atoms with Crippen molar-refractivity contribution in [2.75, 3.05) is 18.0 Å². The molecule has 28 heavy (non-hydrogen) atoms. The SMILES string of the molecule is O=C(O)CN1C(=O)\C(=C/C=C/C=C2\Sc3ccccc3N2CC(=O)O)SC1=S. The van der Waals surface area contributed by atoms with Crippen LogP contribution in [0.2, 0.25) is 0 Å². The number of thiocarbonyl (C=S) groups is 1. The molecular formula is C18H14N2O5S3. The van der Waals surface area contributed by atoms with E-state index in [1.807, 2.05) is 24.3 Å². The fourth-order valence-electron chi connectivity index (χ4n) is 2.54. The molecule has 144 valence electrons. The van der Waals surface area contributed by atoms with Gasteiger partial charge in [-0.1, -0.05) is 60.0 Å². The highest BCUT2D eigenvalue weighted by Crippen LogP contribution is 2.45. The summed E-state index contributed by atoms with van der Waals surface area (Å²) in [5.41, 5.74) is 0.837. The van der Waals surface area contributed by atoms with Crippen LogP contribution in [0, 0.1) is 0 Å². The summed E-state index contributed by atoms with van der Waals surface area (Å²) < 4.78 is 0.208. The lowest BCUT2D eigenvalue weighted by atomic mass is 10.3. The van der Waals surface area contributed by atoms with Crippen LogP contribution >= 0.6 is 35.7 Å². The fourth-order valence-corrected chi connectivity index (χ4v) is 4.82. The Labute approximate surface area is 174 Å². The highest BCUT2D eigenvalue weighted by molar-refractivity contribution is 8.26. The molecule has 3 rings (SSSR count). The summed E-state index contributed by atoms with van der Waals surface area (Å²) >= 11 is 7.55. The van der Waals surface area contributed by atoms with Crippen LogP contribution in [0.15, 0.2) is 63.4 Å². The summed E-state index contributed by atoms with van der Waals surface area (Å²) in [5.74, 6) is -2.51. The lowest BCUT2D eigenvalue weighted by Crippen LogP contribution is -2.33. The maximum absolute atomic E-state index is 12.2. The van der Waals surface area contributed by atoms with Crippen molar-refractivity contribution >= 4 is 63.6 Å². The standard InChI is InChI=1S/C18H14N2O5S3/c21-15(22)9-19-11-5-1-2-6-12(11)27-14(19)8-4-3-7-13-17(25)20(10-16(23)24)18(26)28-13/h1-8H,9-10H2,(H,21,22)(H,23,24)/b4-3+,13-7+,14-8-. The van der Waals surface area contributed by atoms with E-state index in [9.17, 15) is 14.4 Å². The molecule has 2 heterocycles. The Balaban J connectivity index is 1.74. The van der Waals surface area contributed by atoms with E-state index in [-0.39, 0.29) is 10.9 Å². The number of nitrogens with zero attached hydrogens (tertiary/aromatic N) is 2. The molecular weight excluding hydrogens is 420 g/mol. The van der Waals surface area contributed by atoms with E-state index in [0.717, 1.165) is 32.3 Å². The molecule has 0 spiro atoms. The van der Waals surface area contributed by atoms with E-state index in [4.69, 9.17) is 22.4 Å². The third-order valence-corrected chi connectivity index (χ3v) is 6.22. The largest absolute Gasteiger partial charge is 0.480 e. The smallest absolute Gasteiger partial charge is 0.323 e. The summed E-state index contributed by atoms with van der Waals surface area (Å²) in [6.45, 7) is -0.619. The Morgan fingerprint density at radius 1 is 1.00 bits per heavy atom. The zero-order valence-corrected chi connectivity index (χ0v) is 16.7. The summed E-state index contributed by atoms with van der Waals surface area (Å²) in [7, 11) is 0. The average molecular weight is 435 g/mol. The van der Waals surface area contributed by atoms with Gasteiger partial charge in [-0.25, -0.2) is 0 Å². The first-order valence-corrected chi connectivity index (χ1v) is 10.0. The first-order chi connectivity index (χ1) is 13.4. The number of benzene rings is 1. The van der Waals surface area contributed by atoms with E-state index in [2.05, 4.69) is 0 Å². The number of carbonyl (C=O) groups excluding carboxylic acids is 1. The number of carbonyl (C=O) groups is 3. The number of carboxylic acids is 2. The molecule has 1 aromatic rings. The number of anilines is 1. The molecule has 0 aromatic heterocycles. The number of fused-ring (bicyclic) bond motifs is 1. The molecule has 7 nitrogen and oxygen atoms in total. The molecule has 10 heteroatoms. The monoisotopic (exact) mass is 434 g/mol. The van der Waals surface area contributed by atoms with Gasteiger partial charge in [-0.05, 0) is 24.3 Å². The maximum atomic E-state index is 12.2. The molecule has 1 aromatic carbocycles. The summed E-state index contributed by atoms with van der Waals surface area (Å²) in [6.07, 6.45) is 6.67. The van der Waals surface area contributed by atoms with Gasteiger partial charge >= 0.3 is 11.9 Å². The Morgan fingerprint density at radius 3 is 2.36 bits per heavy atom. The van der Waals surface area contributed by atoms with Crippen LogP contribution in [0.4, 0.5) is 5.69 Å². The minimum atomic E-state index is -1.13. The average Bonchev–Trinajstić information content (AvgIpc) is 3.10. The van der Waals surface area contributed by atoms with Gasteiger partial charge in [-0.15, -0.1) is 0 Å². The number of thioether (sulfide) groups is 2. The predicted octanol–water partition coefficient (Wildman–Crippen LogP) is 2.91. The van der Waals surface area contributed by atoms with Crippen LogP contribution in [0.25, 0.3) is 0 Å². The van der Waals surface area contributed by atoms with Crippen molar-refractivity contribution in [3.63, 3.8) is 0 Å². The van der Waals surface area contributed by atoms with Crippen molar-refractivity contribution in [3.05, 3.63) is 58.5 Å². The Morgan fingerprint density at radius 2 is 1.64 bits per heavy atom. The third-order valence-electron chi connectivity index (χ3n) is 3.69. The first-order valence-electron chi connectivity index (χ1n) is 7.97. The lowest BCUT2D eigenvalue weighted by Gasteiger charge is -2.17. The second-order valence-electron chi connectivity index (χ2n) is 5.62. The van der Waals surface area contributed by atoms with Gasteiger partial charge in [0.2, 0.25) is 0 Å². The van der Waals surface area contributed by atoms with Gasteiger partial charge < -0.3 is 15.1 Å². The summed E-state index contributed by atoms with van der Waals surface area (Å²) in [6, 6.07) is 7.53. The normalized spacial score (nSPS) is 19.3. The number of para-hydroxylation sites is 1. The van der Waals surface area contributed by atoms with Crippen LogP contribution in [0.5, 0.6) is 0 Å². The Bertz CT molecular complexity index is 954. The molecule has 0 atom stereocenters. The number of aliphatic carboxylic acids is 2. The third kappa shape index (κ3) is 4.46. The van der Waals surface area contributed by atoms with Crippen LogP contribution in [-0.2, 0) is 14.4 Å². The van der Waals surface area contributed by atoms with Crippen LogP contribution in [0.3, 0.4) is 0 Å². The quantitative estimate of drug-likeness (QED) is 0.517. The number of rotatable bonds is 6. The van der Waals surface area contributed by atoms with E-state index < -0.39 is 24.4 Å². The van der Waals surface area contributed by atoms with Gasteiger partial charge in [0.25, 0.3) is 5.91 Å². The van der Waals surface area contributed by atoms with Crippen molar-refractivity contribution in [2.24, 2.45) is 0 Å². The Kier molecular flexibility index (Phi) is 6.22. The van der Waals surface area contributed by atoms with Gasteiger partial charge in [0.1, 0.15) is 17.4 Å². The van der Waals surface area contributed by atoms with E-state index in [0.29, 0.717) is 4.91 Å². The van der Waals surface area contributed by atoms with Gasteiger partial charge in [-0.3, -0.25) is 19.3 Å². The molecule has 0 aliphatic carbocycles. The van der Waals surface area contributed by atoms with Gasteiger partial charge in [0, 0.05) is 4.90 Å². The van der Waals surface area contributed by atoms with Gasteiger partial charge in [0.05, 0.1) is 15.6 Å². The molecule has 1 fully saturated rings. The molecule has 0 bridgehead atoms. The number of allylic oxidation sites excluding steroid dienone is 4. The van der Waals surface area contributed by atoms with Crippen LogP contribution < -0.4 is 4.90 Å². The highest BCUT2D eigenvalue weighted by Gasteiger charge is 2.33. The first kappa shape index (κ1) is 20.2. The summed E-state index contributed by atoms with van der Waals surface area (Å²) in [5, 5.41) is 18.8. The molecule has 1 saturated heterocycles. The number of hydrogen-bond donors (Lipinski definition) is 2. The molecule has 0 radical (unpaired) electrons. The van der Waals surface area contributed by atoms with Crippen LogP contribution in [-0.4, -0.2) is 50.4 Å². The lowest BCUT2D eigenvalue weighted by molar-refractivity contribution is -0.140.